The third-order valence-electron chi connectivity index (χ3n) is 2.55. The van der Waals surface area contributed by atoms with E-state index >= 15 is 0 Å². The summed E-state index contributed by atoms with van der Waals surface area (Å²) in [5.41, 5.74) is 6.92. The molecule has 0 heterocycles. The van der Waals surface area contributed by atoms with E-state index < -0.39 is 5.82 Å². The first-order valence-electron chi connectivity index (χ1n) is 5.16. The molecule has 2 aromatic rings. The quantitative estimate of drug-likeness (QED) is 0.838. The van der Waals surface area contributed by atoms with Crippen molar-refractivity contribution in [1.82, 2.24) is 0 Å². The summed E-state index contributed by atoms with van der Waals surface area (Å²) in [6.07, 6.45) is 0. The minimum Gasteiger partial charge on any atom is -0.326 e. The minimum atomic E-state index is -0.413. The maximum atomic E-state index is 14.0. The van der Waals surface area contributed by atoms with Crippen molar-refractivity contribution < 1.29 is 4.39 Å². The van der Waals surface area contributed by atoms with Gasteiger partial charge in [-0.25, -0.2) is 4.39 Å². The van der Waals surface area contributed by atoms with Crippen LogP contribution in [0.2, 0.25) is 15.1 Å². The molecule has 0 spiro atoms. The molecule has 1 nitrogen and oxygen atoms in total. The molecule has 0 unspecified atom stereocenters. The van der Waals surface area contributed by atoms with Crippen molar-refractivity contribution in [2.45, 2.75) is 6.54 Å². The highest BCUT2D eigenvalue weighted by Gasteiger charge is 2.14. The second-order valence-electron chi connectivity index (χ2n) is 3.76. The Labute approximate surface area is 119 Å². The third kappa shape index (κ3) is 2.62. The summed E-state index contributed by atoms with van der Waals surface area (Å²) in [7, 11) is 0. The van der Waals surface area contributed by atoms with Crippen LogP contribution in [-0.2, 0) is 6.54 Å². The maximum Gasteiger partial charge on any atom is 0.131 e. The van der Waals surface area contributed by atoms with Gasteiger partial charge in [0.05, 0.1) is 10.0 Å². The average molecular weight is 305 g/mol. The largest absolute Gasteiger partial charge is 0.326 e. The lowest BCUT2D eigenvalue weighted by molar-refractivity contribution is 0.629. The van der Waals surface area contributed by atoms with Crippen molar-refractivity contribution in [3.05, 3.63) is 56.8 Å². The predicted octanol–water partition coefficient (Wildman–Crippen LogP) is 4.91. The van der Waals surface area contributed by atoms with Crippen LogP contribution in [-0.4, -0.2) is 0 Å². The van der Waals surface area contributed by atoms with Gasteiger partial charge in [-0.05, 0) is 23.8 Å². The molecule has 5 heteroatoms. The molecule has 2 rings (SSSR count). The number of hydrogen-bond acceptors (Lipinski definition) is 1. The molecule has 0 radical (unpaired) electrons. The predicted molar refractivity (Wildman–Crippen MR) is 74.8 cm³/mol. The first-order valence-corrected chi connectivity index (χ1v) is 6.29. The number of nitrogens with two attached hydrogens (primary N) is 1. The summed E-state index contributed by atoms with van der Waals surface area (Å²) in [6, 6.07) is 7.77. The monoisotopic (exact) mass is 303 g/mol. The molecule has 0 bridgehead atoms. The highest BCUT2D eigenvalue weighted by Crippen LogP contribution is 2.38. The van der Waals surface area contributed by atoms with Crippen LogP contribution in [0, 0.1) is 5.82 Å². The zero-order valence-electron chi connectivity index (χ0n) is 9.18. The van der Waals surface area contributed by atoms with Crippen molar-refractivity contribution in [1.29, 1.82) is 0 Å². The average Bonchev–Trinajstić information content (AvgIpc) is 2.29. The lowest BCUT2D eigenvalue weighted by atomic mass is 10.0. The molecule has 18 heavy (non-hydrogen) atoms. The van der Waals surface area contributed by atoms with Crippen LogP contribution in [0.1, 0.15) is 5.56 Å². The van der Waals surface area contributed by atoms with Gasteiger partial charge in [-0.2, -0.15) is 0 Å². The molecule has 0 saturated carbocycles. The van der Waals surface area contributed by atoms with Crippen LogP contribution in [0.25, 0.3) is 11.1 Å². The Morgan fingerprint density at radius 3 is 2.11 bits per heavy atom. The van der Waals surface area contributed by atoms with Crippen molar-refractivity contribution in [3.63, 3.8) is 0 Å². The molecule has 94 valence electrons. The van der Waals surface area contributed by atoms with E-state index in [0.717, 1.165) is 0 Å². The summed E-state index contributed by atoms with van der Waals surface area (Å²) in [5.74, 6) is -0.413. The second kappa shape index (κ2) is 5.45. The highest BCUT2D eigenvalue weighted by molar-refractivity contribution is 6.41. The fourth-order valence-electron chi connectivity index (χ4n) is 1.69. The van der Waals surface area contributed by atoms with Crippen LogP contribution >= 0.6 is 34.8 Å². The lowest BCUT2D eigenvalue weighted by Gasteiger charge is -2.10. The van der Waals surface area contributed by atoms with E-state index in [4.69, 9.17) is 40.5 Å². The lowest BCUT2D eigenvalue weighted by Crippen LogP contribution is -1.97. The molecule has 0 aliphatic carbocycles. The Hall–Kier alpha value is -0.800. The molecular weight excluding hydrogens is 296 g/mol. The van der Waals surface area contributed by atoms with E-state index in [1.54, 1.807) is 12.1 Å². The fourth-order valence-corrected chi connectivity index (χ4v) is 2.71. The molecule has 0 atom stereocenters. The number of hydrogen-bond donors (Lipinski definition) is 1. The molecule has 0 fully saturated rings. The molecular formula is C13H9Cl3FN. The summed E-state index contributed by atoms with van der Waals surface area (Å²) in [6.45, 7) is 0.277. The van der Waals surface area contributed by atoms with Gasteiger partial charge in [0, 0.05) is 22.7 Å². The summed E-state index contributed by atoms with van der Waals surface area (Å²) < 4.78 is 14.0. The topological polar surface area (TPSA) is 26.0 Å². The Kier molecular flexibility index (Phi) is 4.13. The molecule has 0 amide bonds. The zero-order valence-corrected chi connectivity index (χ0v) is 11.5. The molecule has 0 aliphatic rings. The van der Waals surface area contributed by atoms with E-state index in [-0.39, 0.29) is 6.54 Å². The van der Waals surface area contributed by atoms with Gasteiger partial charge in [-0.15, -0.1) is 0 Å². The number of rotatable bonds is 2. The van der Waals surface area contributed by atoms with E-state index in [1.165, 1.54) is 18.2 Å². The second-order valence-corrected chi connectivity index (χ2v) is 5.01. The molecule has 2 N–H and O–H groups in total. The molecule has 0 saturated heterocycles. The fraction of sp³-hybridized carbons (Fsp3) is 0.0769. The van der Waals surface area contributed by atoms with Gasteiger partial charge in [0.2, 0.25) is 0 Å². The van der Waals surface area contributed by atoms with E-state index in [1.807, 2.05) is 0 Å². The van der Waals surface area contributed by atoms with Gasteiger partial charge in [0.15, 0.2) is 0 Å². The SMILES string of the molecule is NCc1ccc(-c2c(Cl)cc(Cl)cc2Cl)c(F)c1. The zero-order chi connectivity index (χ0) is 13.3. The number of benzene rings is 2. The summed E-state index contributed by atoms with van der Waals surface area (Å²) in [5, 5.41) is 1.03. The van der Waals surface area contributed by atoms with Crippen molar-refractivity contribution in [2.75, 3.05) is 0 Å². The van der Waals surface area contributed by atoms with Gasteiger partial charge in [0.25, 0.3) is 0 Å². The Bertz CT molecular complexity index is 576. The summed E-state index contributed by atoms with van der Waals surface area (Å²) in [4.78, 5) is 0. The van der Waals surface area contributed by atoms with E-state index in [9.17, 15) is 4.39 Å². The first-order chi connectivity index (χ1) is 8.52. The molecule has 0 aliphatic heterocycles. The number of halogens is 4. The first kappa shape index (κ1) is 13.6. The van der Waals surface area contributed by atoms with Gasteiger partial charge < -0.3 is 5.73 Å². The summed E-state index contributed by atoms with van der Waals surface area (Å²) >= 11 is 17.9. The normalized spacial score (nSPS) is 10.7. The van der Waals surface area contributed by atoms with Gasteiger partial charge in [0.1, 0.15) is 5.82 Å². The molecule has 0 aromatic heterocycles. The standard InChI is InChI=1S/C13H9Cl3FN/c14-8-4-10(15)13(11(16)5-8)9-2-1-7(6-18)3-12(9)17/h1-5H,6,18H2. The molecule has 2 aromatic carbocycles. The Balaban J connectivity index is 2.62. The van der Waals surface area contributed by atoms with Gasteiger partial charge >= 0.3 is 0 Å². The Morgan fingerprint density at radius 2 is 1.61 bits per heavy atom. The van der Waals surface area contributed by atoms with Crippen LogP contribution in [0.5, 0.6) is 0 Å². The third-order valence-corrected chi connectivity index (χ3v) is 3.36. The van der Waals surface area contributed by atoms with Crippen molar-refractivity contribution >= 4 is 34.8 Å². The van der Waals surface area contributed by atoms with Crippen LogP contribution in [0.3, 0.4) is 0 Å². The van der Waals surface area contributed by atoms with Crippen LogP contribution in [0.4, 0.5) is 4.39 Å². The van der Waals surface area contributed by atoms with Crippen LogP contribution < -0.4 is 5.73 Å². The maximum absolute atomic E-state index is 14.0. The van der Waals surface area contributed by atoms with Crippen molar-refractivity contribution in [3.8, 4) is 11.1 Å². The Morgan fingerprint density at radius 1 is 1.00 bits per heavy atom. The smallest absolute Gasteiger partial charge is 0.131 e. The van der Waals surface area contributed by atoms with Gasteiger partial charge in [-0.3, -0.25) is 0 Å². The van der Waals surface area contributed by atoms with E-state index in [2.05, 4.69) is 0 Å². The van der Waals surface area contributed by atoms with Gasteiger partial charge in [-0.1, -0.05) is 46.9 Å². The van der Waals surface area contributed by atoms with E-state index in [0.29, 0.717) is 31.8 Å². The van der Waals surface area contributed by atoms with Crippen molar-refractivity contribution in [2.24, 2.45) is 5.73 Å². The van der Waals surface area contributed by atoms with Crippen LogP contribution in [0.15, 0.2) is 30.3 Å². The highest BCUT2D eigenvalue weighted by atomic mass is 35.5. The minimum absolute atomic E-state index is 0.277.